The molecule has 0 aliphatic carbocycles. The Morgan fingerprint density at radius 1 is 1.07 bits per heavy atom. The molecular formula is C28H27F3N8O3S. The van der Waals surface area contributed by atoms with Crippen molar-refractivity contribution >= 4 is 39.1 Å². The summed E-state index contributed by atoms with van der Waals surface area (Å²) < 4.78 is 71.6. The van der Waals surface area contributed by atoms with E-state index in [1.807, 2.05) is 24.3 Å². The average molecular weight is 613 g/mol. The zero-order chi connectivity index (χ0) is 30.6. The predicted molar refractivity (Wildman–Crippen MR) is 156 cm³/mol. The lowest BCUT2D eigenvalue weighted by atomic mass is 10.1. The second-order valence-corrected chi connectivity index (χ2v) is 11.5. The van der Waals surface area contributed by atoms with E-state index in [4.69, 9.17) is 4.74 Å². The Bertz CT molecular complexity index is 1770. The molecule has 11 nitrogen and oxygen atoms in total. The van der Waals surface area contributed by atoms with Crippen molar-refractivity contribution in [2.24, 2.45) is 4.99 Å². The van der Waals surface area contributed by atoms with E-state index in [0.29, 0.717) is 23.5 Å². The lowest BCUT2D eigenvalue weighted by Crippen LogP contribution is -2.22. The van der Waals surface area contributed by atoms with Gasteiger partial charge in [0.15, 0.2) is 15.7 Å². The second kappa shape index (κ2) is 12.2. The standard InChI is InChI=1S/C28H27F3N8O3S/c1-3-42-23-12-9-19(13-24(23)43(2,40)41)21-5-4-6-22-25(36-21)26(34-15-28(29,30)31)38-27(37-22)33-14-18-7-10-20(11-8-18)39-17-32-16-35-39/h4,6-13,16-17H,3,5,14-15H2,1-2H3,(H2,33,34,37,38). The van der Waals surface area contributed by atoms with E-state index < -0.39 is 22.6 Å². The van der Waals surface area contributed by atoms with Crippen LogP contribution in [0.1, 0.15) is 30.2 Å². The van der Waals surface area contributed by atoms with Gasteiger partial charge < -0.3 is 15.4 Å². The Hall–Kier alpha value is -4.79. The minimum absolute atomic E-state index is 0.0106. The van der Waals surface area contributed by atoms with Gasteiger partial charge in [-0.25, -0.2) is 28.1 Å². The Morgan fingerprint density at radius 2 is 1.86 bits per heavy atom. The zero-order valence-corrected chi connectivity index (χ0v) is 23.9. The number of ether oxygens (including phenoxy) is 1. The van der Waals surface area contributed by atoms with E-state index in [1.165, 1.54) is 18.5 Å². The molecule has 43 heavy (non-hydrogen) atoms. The molecule has 2 aromatic carbocycles. The van der Waals surface area contributed by atoms with Gasteiger partial charge in [0.25, 0.3) is 0 Å². The van der Waals surface area contributed by atoms with Gasteiger partial charge in [-0.1, -0.05) is 18.2 Å². The van der Waals surface area contributed by atoms with Gasteiger partial charge >= 0.3 is 6.18 Å². The van der Waals surface area contributed by atoms with Crippen molar-refractivity contribution < 1.29 is 26.3 Å². The van der Waals surface area contributed by atoms with Crippen LogP contribution in [0.3, 0.4) is 0 Å². The van der Waals surface area contributed by atoms with Gasteiger partial charge in [-0.3, -0.25) is 0 Å². The highest BCUT2D eigenvalue weighted by Gasteiger charge is 2.28. The lowest BCUT2D eigenvalue weighted by molar-refractivity contribution is -0.115. The molecule has 0 fully saturated rings. The smallest absolute Gasteiger partial charge is 0.405 e. The number of sulfone groups is 1. The largest absolute Gasteiger partial charge is 0.493 e. The number of aromatic nitrogens is 5. The van der Waals surface area contributed by atoms with E-state index in [1.54, 1.807) is 36.2 Å². The molecule has 224 valence electrons. The molecule has 5 rings (SSSR count). The normalized spacial score (nSPS) is 13.2. The van der Waals surface area contributed by atoms with Crippen LogP contribution in [0.25, 0.3) is 11.8 Å². The first-order chi connectivity index (χ1) is 20.5. The Balaban J connectivity index is 1.47. The van der Waals surface area contributed by atoms with Crippen molar-refractivity contribution in [3.63, 3.8) is 0 Å². The Labute approximate surface area is 245 Å². The van der Waals surface area contributed by atoms with Crippen LogP contribution in [-0.4, -0.2) is 64.4 Å². The van der Waals surface area contributed by atoms with Crippen molar-refractivity contribution in [1.29, 1.82) is 0 Å². The van der Waals surface area contributed by atoms with Gasteiger partial charge in [0.1, 0.15) is 35.5 Å². The molecule has 0 bridgehead atoms. The van der Waals surface area contributed by atoms with Crippen LogP contribution >= 0.6 is 0 Å². The third-order valence-electron chi connectivity index (χ3n) is 6.25. The van der Waals surface area contributed by atoms with Crippen LogP contribution in [0, 0.1) is 0 Å². The van der Waals surface area contributed by atoms with Gasteiger partial charge in [0, 0.05) is 19.2 Å². The summed E-state index contributed by atoms with van der Waals surface area (Å²) in [5.74, 6) is 0.190. The fourth-order valence-electron chi connectivity index (χ4n) is 4.27. The maximum Gasteiger partial charge on any atom is 0.405 e. The molecule has 4 aromatic rings. The summed E-state index contributed by atoms with van der Waals surface area (Å²) in [6.07, 6.45) is 3.25. The average Bonchev–Trinajstić information content (AvgIpc) is 3.41. The van der Waals surface area contributed by atoms with Crippen LogP contribution in [0.15, 0.2) is 71.1 Å². The van der Waals surface area contributed by atoms with Gasteiger partial charge in [-0.15, -0.1) is 0 Å². The van der Waals surface area contributed by atoms with E-state index in [2.05, 4.69) is 35.7 Å². The third-order valence-corrected chi connectivity index (χ3v) is 7.37. The number of fused-ring (bicyclic) bond motifs is 1. The van der Waals surface area contributed by atoms with Crippen molar-refractivity contribution in [1.82, 2.24) is 24.7 Å². The molecule has 1 aliphatic rings. The van der Waals surface area contributed by atoms with Gasteiger partial charge in [0.05, 0.1) is 23.7 Å². The van der Waals surface area contributed by atoms with Crippen molar-refractivity contribution in [2.45, 2.75) is 31.0 Å². The second-order valence-electron chi connectivity index (χ2n) is 9.49. The lowest BCUT2D eigenvalue weighted by Gasteiger charge is -2.15. The number of nitrogens with zero attached hydrogens (tertiary/aromatic N) is 6. The topological polar surface area (TPSA) is 136 Å². The van der Waals surface area contributed by atoms with E-state index in [0.717, 1.165) is 17.5 Å². The number of benzene rings is 2. The van der Waals surface area contributed by atoms with E-state index in [9.17, 15) is 21.6 Å². The monoisotopic (exact) mass is 612 g/mol. The highest BCUT2D eigenvalue weighted by molar-refractivity contribution is 7.90. The van der Waals surface area contributed by atoms with Crippen molar-refractivity contribution in [2.75, 3.05) is 30.0 Å². The number of hydrogen-bond acceptors (Lipinski definition) is 10. The predicted octanol–water partition coefficient (Wildman–Crippen LogP) is 4.98. The van der Waals surface area contributed by atoms with Crippen LogP contribution in [0.2, 0.25) is 0 Å². The fraction of sp³-hybridized carbons (Fsp3) is 0.250. The SMILES string of the molecule is CCOc1ccc(C2=Nc3c(nc(NCc4ccc(-n5cncn5)cc4)nc3NCC(F)(F)F)C=CC2)cc1S(C)(=O)=O. The number of rotatable bonds is 10. The number of alkyl halides is 3. The number of nitrogens with one attached hydrogen (secondary N) is 2. The van der Waals surface area contributed by atoms with Crippen LogP contribution < -0.4 is 15.4 Å². The number of allylic oxidation sites excluding steroid dienone is 1. The number of hydrogen-bond donors (Lipinski definition) is 2. The number of halogens is 3. The maximum atomic E-state index is 13.2. The highest BCUT2D eigenvalue weighted by atomic mass is 32.2. The number of anilines is 2. The summed E-state index contributed by atoms with van der Waals surface area (Å²) in [4.78, 5) is 17.4. The first-order valence-electron chi connectivity index (χ1n) is 13.1. The first-order valence-corrected chi connectivity index (χ1v) is 15.0. The van der Waals surface area contributed by atoms with Crippen LogP contribution in [-0.2, 0) is 16.4 Å². The van der Waals surface area contributed by atoms with Gasteiger partial charge in [0.2, 0.25) is 5.95 Å². The van der Waals surface area contributed by atoms with Gasteiger partial charge in [-0.2, -0.15) is 23.3 Å². The quantitative estimate of drug-likeness (QED) is 0.254. The zero-order valence-electron chi connectivity index (χ0n) is 23.1. The first kappa shape index (κ1) is 29.7. The molecule has 3 heterocycles. The molecule has 2 N–H and O–H groups in total. The molecule has 0 radical (unpaired) electrons. The maximum absolute atomic E-state index is 13.2. The van der Waals surface area contributed by atoms with E-state index >= 15 is 0 Å². The minimum Gasteiger partial charge on any atom is -0.493 e. The van der Waals surface area contributed by atoms with Crippen molar-refractivity contribution in [3.8, 4) is 11.4 Å². The molecule has 0 spiro atoms. The summed E-state index contributed by atoms with van der Waals surface area (Å²) >= 11 is 0. The molecule has 0 unspecified atom stereocenters. The van der Waals surface area contributed by atoms with Crippen LogP contribution in [0.5, 0.6) is 5.75 Å². The molecule has 0 saturated heterocycles. The summed E-state index contributed by atoms with van der Waals surface area (Å²) in [5.41, 5.74) is 2.99. The highest BCUT2D eigenvalue weighted by Crippen LogP contribution is 2.34. The molecule has 1 aliphatic heterocycles. The Kier molecular flexibility index (Phi) is 8.43. The molecular weight excluding hydrogens is 585 g/mol. The van der Waals surface area contributed by atoms with Crippen molar-refractivity contribution in [3.05, 3.63) is 78.0 Å². The van der Waals surface area contributed by atoms with Gasteiger partial charge in [-0.05, 0) is 54.5 Å². The molecule has 15 heteroatoms. The Morgan fingerprint density at radius 3 is 2.53 bits per heavy atom. The fourth-order valence-corrected chi connectivity index (χ4v) is 5.10. The number of aliphatic imine (C=N–C) groups is 1. The molecule has 0 atom stereocenters. The minimum atomic E-state index is -4.51. The summed E-state index contributed by atoms with van der Waals surface area (Å²) in [6.45, 7) is 0.977. The van der Waals surface area contributed by atoms with Crippen LogP contribution in [0.4, 0.5) is 30.6 Å². The third kappa shape index (κ3) is 7.35. The molecule has 0 amide bonds. The van der Waals surface area contributed by atoms with E-state index in [-0.39, 0.29) is 41.1 Å². The summed E-state index contributed by atoms with van der Waals surface area (Å²) in [5, 5.41) is 9.50. The summed E-state index contributed by atoms with van der Waals surface area (Å²) in [7, 11) is -3.64. The molecule has 2 aromatic heterocycles. The molecule has 0 saturated carbocycles. The summed E-state index contributed by atoms with van der Waals surface area (Å²) in [6, 6.07) is 12.1.